The van der Waals surface area contributed by atoms with Gasteiger partial charge in [-0.25, -0.2) is 21.2 Å². The predicted octanol–water partition coefficient (Wildman–Crippen LogP) is 1.33. The van der Waals surface area contributed by atoms with Crippen molar-refractivity contribution in [2.75, 3.05) is 37.7 Å². The average molecular weight is 495 g/mol. The minimum atomic E-state index is -3.78. The summed E-state index contributed by atoms with van der Waals surface area (Å²) in [5.41, 5.74) is 0.615. The summed E-state index contributed by atoms with van der Waals surface area (Å²) in [6, 6.07) is 11.4. The van der Waals surface area contributed by atoms with Gasteiger partial charge in [0.15, 0.2) is 15.6 Å². The third-order valence-corrected chi connectivity index (χ3v) is 10.3. The lowest BCUT2D eigenvalue weighted by Crippen LogP contribution is -2.52. The van der Waals surface area contributed by atoms with E-state index in [0.29, 0.717) is 0 Å². The van der Waals surface area contributed by atoms with Gasteiger partial charge in [0, 0.05) is 37.3 Å². The Morgan fingerprint density at radius 3 is 2.09 bits per heavy atom. The third-order valence-electron chi connectivity index (χ3n) is 6.01. The Morgan fingerprint density at radius 1 is 0.909 bits per heavy atom. The highest BCUT2D eigenvalue weighted by atomic mass is 32.2. The Morgan fingerprint density at radius 2 is 1.52 bits per heavy atom. The number of sulfone groups is 1. The van der Waals surface area contributed by atoms with E-state index in [1.165, 1.54) is 45.6 Å². The summed E-state index contributed by atoms with van der Waals surface area (Å²) in [4.78, 5) is 27.6. The van der Waals surface area contributed by atoms with Gasteiger partial charge in [0.25, 0.3) is 5.91 Å². The molecule has 176 valence electrons. The van der Waals surface area contributed by atoms with E-state index in [1.54, 1.807) is 12.1 Å². The van der Waals surface area contributed by atoms with Crippen molar-refractivity contribution in [2.45, 2.75) is 11.7 Å². The number of carbonyl (C=O) groups is 2. The van der Waals surface area contributed by atoms with Gasteiger partial charge in [-0.05, 0) is 36.8 Å². The normalized spacial score (nSPS) is 21.1. The fourth-order valence-corrected chi connectivity index (χ4v) is 8.66. The van der Waals surface area contributed by atoms with Gasteiger partial charge in [0.1, 0.15) is 5.82 Å². The zero-order valence-corrected chi connectivity index (χ0v) is 19.3. The third kappa shape index (κ3) is 4.85. The van der Waals surface area contributed by atoms with E-state index in [1.807, 2.05) is 0 Å². The summed E-state index contributed by atoms with van der Waals surface area (Å²) in [7, 11) is -7.12. The second kappa shape index (κ2) is 8.96. The van der Waals surface area contributed by atoms with Gasteiger partial charge in [0.2, 0.25) is 10.0 Å². The molecule has 2 aromatic carbocycles. The summed E-state index contributed by atoms with van der Waals surface area (Å²) in [5.74, 6) is -1.79. The van der Waals surface area contributed by atoms with Gasteiger partial charge in [-0.1, -0.05) is 18.2 Å². The van der Waals surface area contributed by atoms with Crippen molar-refractivity contribution in [3.8, 4) is 0 Å². The van der Waals surface area contributed by atoms with Crippen LogP contribution in [0.2, 0.25) is 0 Å². The summed E-state index contributed by atoms with van der Waals surface area (Å²) in [6.45, 7) is 0.352. The van der Waals surface area contributed by atoms with Crippen LogP contribution in [0, 0.1) is 5.82 Å². The van der Waals surface area contributed by atoms with E-state index < -0.39 is 42.6 Å². The molecule has 2 aliphatic heterocycles. The molecule has 2 saturated heterocycles. The van der Waals surface area contributed by atoms with Gasteiger partial charge in [0.05, 0.1) is 22.3 Å². The van der Waals surface area contributed by atoms with Gasteiger partial charge in [-0.15, -0.1) is 0 Å². The number of sulfonamides is 1. The van der Waals surface area contributed by atoms with Crippen LogP contribution in [0.1, 0.15) is 32.7 Å². The zero-order chi connectivity index (χ0) is 23.8. The Kier molecular flexibility index (Phi) is 6.39. The molecular weight excluding hydrogens is 471 g/mol. The number of benzene rings is 2. The second-order valence-corrected chi connectivity index (χ2v) is 12.6. The van der Waals surface area contributed by atoms with Crippen LogP contribution in [0.25, 0.3) is 0 Å². The summed E-state index contributed by atoms with van der Waals surface area (Å²) < 4.78 is 63.5. The first-order valence-corrected chi connectivity index (χ1v) is 13.8. The quantitative estimate of drug-likeness (QED) is 0.581. The highest BCUT2D eigenvalue weighted by Crippen LogP contribution is 2.24. The van der Waals surface area contributed by atoms with E-state index in [4.69, 9.17) is 0 Å². The molecular formula is C22H23FN2O6S2. The molecule has 0 saturated carbocycles. The standard InChI is InChI=1S/C22H23FN2O6S2/c23-17-7-5-16(6-8-17)21(26)19-3-1-2-4-20(19)22(27)24-10-12-25(13-11-24)33(30,31)18-9-14-32(28,29)15-18/h1-8,18H,9-15H2. The van der Waals surface area contributed by atoms with E-state index in [-0.39, 0.29) is 60.8 Å². The number of hydrogen-bond acceptors (Lipinski definition) is 6. The molecule has 33 heavy (non-hydrogen) atoms. The molecule has 2 fully saturated rings. The van der Waals surface area contributed by atoms with Crippen LogP contribution in [0.4, 0.5) is 4.39 Å². The highest BCUT2D eigenvalue weighted by Gasteiger charge is 2.41. The molecule has 11 heteroatoms. The number of ketones is 1. The fourth-order valence-electron chi connectivity index (χ4n) is 4.15. The molecule has 0 N–H and O–H groups in total. The van der Waals surface area contributed by atoms with E-state index >= 15 is 0 Å². The monoisotopic (exact) mass is 494 g/mol. The molecule has 0 aromatic heterocycles. The topological polar surface area (TPSA) is 109 Å². The molecule has 0 spiro atoms. The maximum Gasteiger partial charge on any atom is 0.254 e. The van der Waals surface area contributed by atoms with Crippen LogP contribution in [-0.2, 0) is 19.9 Å². The summed E-state index contributed by atoms with van der Waals surface area (Å²) in [6.07, 6.45) is 0.0860. The molecule has 1 unspecified atom stereocenters. The lowest BCUT2D eigenvalue weighted by atomic mass is 9.97. The van der Waals surface area contributed by atoms with E-state index in [2.05, 4.69) is 0 Å². The van der Waals surface area contributed by atoms with Crippen LogP contribution >= 0.6 is 0 Å². The summed E-state index contributed by atoms with van der Waals surface area (Å²) in [5, 5.41) is -0.946. The minimum Gasteiger partial charge on any atom is -0.336 e. The molecule has 2 aromatic rings. The number of rotatable bonds is 5. The molecule has 1 amide bonds. The molecule has 2 aliphatic rings. The smallest absolute Gasteiger partial charge is 0.254 e. The first-order valence-electron chi connectivity index (χ1n) is 10.5. The molecule has 0 bridgehead atoms. The lowest BCUT2D eigenvalue weighted by Gasteiger charge is -2.35. The minimum absolute atomic E-state index is 0.0543. The van der Waals surface area contributed by atoms with Crippen LogP contribution in [0.3, 0.4) is 0 Å². The summed E-state index contributed by atoms with van der Waals surface area (Å²) >= 11 is 0. The number of halogens is 1. The predicted molar refractivity (Wildman–Crippen MR) is 120 cm³/mol. The maximum absolute atomic E-state index is 13.2. The number of piperazine rings is 1. The Labute approximate surface area is 192 Å². The molecule has 0 aliphatic carbocycles. The first kappa shape index (κ1) is 23.5. The number of nitrogens with zero attached hydrogens (tertiary/aromatic N) is 2. The molecule has 0 radical (unpaired) electrons. The van der Waals surface area contributed by atoms with Crippen molar-refractivity contribution < 1.29 is 30.8 Å². The van der Waals surface area contributed by atoms with Crippen molar-refractivity contribution in [3.63, 3.8) is 0 Å². The van der Waals surface area contributed by atoms with Gasteiger partial charge in [-0.3, -0.25) is 9.59 Å². The number of hydrogen-bond donors (Lipinski definition) is 0. The molecule has 8 nitrogen and oxygen atoms in total. The van der Waals surface area contributed by atoms with Crippen molar-refractivity contribution in [2.24, 2.45) is 0 Å². The van der Waals surface area contributed by atoms with Crippen molar-refractivity contribution in [1.29, 1.82) is 0 Å². The largest absolute Gasteiger partial charge is 0.336 e. The van der Waals surface area contributed by atoms with Crippen LogP contribution in [0.15, 0.2) is 48.5 Å². The number of carbonyl (C=O) groups excluding carboxylic acids is 2. The Balaban J connectivity index is 1.48. The maximum atomic E-state index is 13.2. The van der Waals surface area contributed by atoms with Crippen molar-refractivity contribution in [3.05, 3.63) is 71.0 Å². The molecule has 4 rings (SSSR count). The van der Waals surface area contributed by atoms with E-state index in [9.17, 15) is 30.8 Å². The van der Waals surface area contributed by atoms with Crippen LogP contribution < -0.4 is 0 Å². The van der Waals surface area contributed by atoms with Crippen LogP contribution in [-0.4, -0.2) is 80.7 Å². The van der Waals surface area contributed by atoms with Gasteiger partial charge >= 0.3 is 0 Å². The first-order chi connectivity index (χ1) is 15.6. The van der Waals surface area contributed by atoms with Gasteiger partial charge < -0.3 is 4.90 Å². The van der Waals surface area contributed by atoms with Gasteiger partial charge in [-0.2, -0.15) is 4.31 Å². The second-order valence-electron chi connectivity index (χ2n) is 8.14. The lowest BCUT2D eigenvalue weighted by molar-refractivity contribution is 0.0694. The van der Waals surface area contributed by atoms with E-state index in [0.717, 1.165) is 0 Å². The fraction of sp³-hybridized carbons (Fsp3) is 0.364. The van der Waals surface area contributed by atoms with Crippen molar-refractivity contribution >= 4 is 31.6 Å². The van der Waals surface area contributed by atoms with Crippen molar-refractivity contribution in [1.82, 2.24) is 9.21 Å². The SMILES string of the molecule is O=C(c1ccc(F)cc1)c1ccccc1C(=O)N1CCN(S(=O)(=O)C2CCS(=O)(=O)C2)CC1. The highest BCUT2D eigenvalue weighted by molar-refractivity contribution is 7.95. The molecule has 1 atom stereocenters. The Hall–Kier alpha value is -2.63. The average Bonchev–Trinajstić information content (AvgIpc) is 3.19. The van der Waals surface area contributed by atoms with Crippen LogP contribution in [0.5, 0.6) is 0 Å². The Bertz CT molecular complexity index is 1280. The molecule has 2 heterocycles. The number of amides is 1. The zero-order valence-electron chi connectivity index (χ0n) is 17.7.